The van der Waals surface area contributed by atoms with Crippen molar-refractivity contribution in [2.45, 2.75) is 39.5 Å². The van der Waals surface area contributed by atoms with E-state index in [1.165, 1.54) is 12.1 Å². The Labute approximate surface area is 170 Å². The molecule has 1 N–H and O–H groups in total. The number of halogens is 2. The van der Waals surface area contributed by atoms with Crippen molar-refractivity contribution in [1.82, 2.24) is 9.80 Å². The number of benzene rings is 1. The van der Waals surface area contributed by atoms with E-state index in [-0.39, 0.29) is 30.7 Å². The summed E-state index contributed by atoms with van der Waals surface area (Å²) in [5.74, 6) is 0.970. The number of fused-ring (bicyclic) bond motifs is 1. The van der Waals surface area contributed by atoms with Crippen LogP contribution < -0.4 is 5.32 Å². The molecule has 0 radical (unpaired) electrons. The molecule has 2 heterocycles. The highest BCUT2D eigenvalue weighted by Crippen LogP contribution is 2.27. The van der Waals surface area contributed by atoms with Gasteiger partial charge in [-0.2, -0.15) is 0 Å². The van der Waals surface area contributed by atoms with Crippen molar-refractivity contribution in [3.05, 3.63) is 29.3 Å². The van der Waals surface area contributed by atoms with Gasteiger partial charge in [0.05, 0.1) is 0 Å². The van der Waals surface area contributed by atoms with Crippen LogP contribution >= 0.6 is 24.8 Å². The van der Waals surface area contributed by atoms with E-state index >= 15 is 0 Å². The lowest BCUT2D eigenvalue weighted by molar-refractivity contribution is 0.0668. The van der Waals surface area contributed by atoms with Gasteiger partial charge in [-0.3, -0.25) is 4.79 Å². The molecule has 0 aliphatic carbocycles. The maximum atomic E-state index is 13.0. The molecule has 0 bridgehead atoms. The summed E-state index contributed by atoms with van der Waals surface area (Å²) in [6.07, 6.45) is 4.40. The Morgan fingerprint density at radius 1 is 1.19 bits per heavy atom. The fraction of sp³-hybridized carbons (Fsp3) is 0.650. The highest BCUT2D eigenvalue weighted by molar-refractivity contribution is 5.97. The molecule has 6 heteroatoms. The molecule has 148 valence electrons. The average Bonchev–Trinajstić information content (AvgIpc) is 2.65. The van der Waals surface area contributed by atoms with Crippen LogP contribution in [-0.2, 0) is 6.42 Å². The molecule has 2 aliphatic heterocycles. The molecule has 26 heavy (non-hydrogen) atoms. The van der Waals surface area contributed by atoms with Crippen molar-refractivity contribution in [2.75, 3.05) is 44.6 Å². The molecular formula is C20H33Cl2N3O. The van der Waals surface area contributed by atoms with Crippen molar-refractivity contribution < 1.29 is 4.79 Å². The second-order valence-corrected chi connectivity index (χ2v) is 7.08. The smallest absolute Gasteiger partial charge is 0.254 e. The number of anilines is 1. The Morgan fingerprint density at radius 2 is 1.88 bits per heavy atom. The van der Waals surface area contributed by atoms with Gasteiger partial charge in [0, 0.05) is 37.4 Å². The van der Waals surface area contributed by atoms with Crippen molar-refractivity contribution >= 4 is 36.4 Å². The van der Waals surface area contributed by atoms with Crippen LogP contribution in [0.5, 0.6) is 0 Å². The number of hydrogen-bond acceptors (Lipinski definition) is 3. The maximum Gasteiger partial charge on any atom is 0.254 e. The number of carbonyl (C=O) groups is 1. The molecule has 0 spiro atoms. The van der Waals surface area contributed by atoms with Crippen LogP contribution in [0.15, 0.2) is 18.2 Å². The first kappa shape index (κ1) is 23.1. The molecule has 1 saturated heterocycles. The minimum absolute atomic E-state index is 0. The monoisotopic (exact) mass is 401 g/mol. The second kappa shape index (κ2) is 11.0. The minimum atomic E-state index is 0. The lowest BCUT2D eigenvalue weighted by Crippen LogP contribution is -2.42. The Kier molecular flexibility index (Phi) is 9.77. The predicted octanol–water partition coefficient (Wildman–Crippen LogP) is 4.08. The summed E-state index contributed by atoms with van der Waals surface area (Å²) in [7, 11) is 0. The summed E-state index contributed by atoms with van der Waals surface area (Å²) in [4.78, 5) is 17.6. The Morgan fingerprint density at radius 3 is 2.54 bits per heavy atom. The molecule has 1 aromatic carbocycles. The molecule has 3 rings (SSSR count). The van der Waals surface area contributed by atoms with Crippen LogP contribution in [0.2, 0.25) is 0 Å². The van der Waals surface area contributed by atoms with Crippen LogP contribution in [0.25, 0.3) is 0 Å². The number of piperidine rings is 1. The van der Waals surface area contributed by atoms with Crippen LogP contribution in [0.4, 0.5) is 5.69 Å². The molecule has 0 atom stereocenters. The molecule has 0 unspecified atom stereocenters. The molecule has 1 amide bonds. The highest BCUT2D eigenvalue weighted by atomic mass is 35.5. The van der Waals surface area contributed by atoms with E-state index in [4.69, 9.17) is 0 Å². The maximum absolute atomic E-state index is 13.0. The van der Waals surface area contributed by atoms with E-state index in [1.54, 1.807) is 0 Å². The van der Waals surface area contributed by atoms with Crippen LogP contribution in [-0.4, -0.2) is 55.0 Å². The summed E-state index contributed by atoms with van der Waals surface area (Å²) in [6.45, 7) is 10.7. The number of amides is 1. The average molecular weight is 402 g/mol. The third kappa shape index (κ3) is 5.28. The minimum Gasteiger partial charge on any atom is -0.385 e. The van der Waals surface area contributed by atoms with E-state index in [2.05, 4.69) is 35.0 Å². The van der Waals surface area contributed by atoms with Gasteiger partial charge >= 0.3 is 0 Å². The van der Waals surface area contributed by atoms with Crippen LogP contribution in [0, 0.1) is 5.92 Å². The number of nitrogens with one attached hydrogen (secondary N) is 1. The lowest BCUT2D eigenvalue weighted by atomic mass is 9.93. The fourth-order valence-corrected chi connectivity index (χ4v) is 4.05. The van der Waals surface area contributed by atoms with Crippen molar-refractivity contribution in [2.24, 2.45) is 5.92 Å². The molecule has 4 nitrogen and oxygen atoms in total. The Balaban J connectivity index is 0.00000169. The normalized spacial score (nSPS) is 17.0. The number of likely N-dealkylation sites (tertiary alicyclic amines) is 1. The van der Waals surface area contributed by atoms with Crippen molar-refractivity contribution in [1.29, 1.82) is 0 Å². The van der Waals surface area contributed by atoms with E-state index in [1.807, 2.05) is 12.1 Å². The molecule has 0 saturated carbocycles. The standard InChI is InChI=1S/C20H31N3O.2ClH/c1-3-22(4-2)15-16-10-13-23(14-11-16)20(24)18-7-5-9-19-17(18)8-6-12-21-19;;/h5,7,9,16,21H,3-4,6,8,10-15H2,1-2H3;2*1H. The SMILES string of the molecule is CCN(CC)CC1CCN(C(=O)c2cccc3c2CCCN3)CC1.Cl.Cl. The van der Waals surface area contributed by atoms with Crippen LogP contribution in [0.1, 0.15) is 49.0 Å². The van der Waals surface area contributed by atoms with Gasteiger partial charge in [-0.25, -0.2) is 0 Å². The van der Waals surface area contributed by atoms with Gasteiger partial charge < -0.3 is 15.1 Å². The third-order valence-corrected chi connectivity index (χ3v) is 5.64. The van der Waals surface area contributed by atoms with Gasteiger partial charge in [0.25, 0.3) is 5.91 Å². The van der Waals surface area contributed by atoms with Crippen LogP contribution in [0.3, 0.4) is 0 Å². The fourth-order valence-electron chi connectivity index (χ4n) is 4.05. The molecule has 1 aromatic rings. The zero-order valence-corrected chi connectivity index (χ0v) is 17.6. The molecular weight excluding hydrogens is 369 g/mol. The zero-order valence-electron chi connectivity index (χ0n) is 16.0. The van der Waals surface area contributed by atoms with E-state index < -0.39 is 0 Å². The second-order valence-electron chi connectivity index (χ2n) is 7.08. The molecule has 0 aromatic heterocycles. The quantitative estimate of drug-likeness (QED) is 0.806. The third-order valence-electron chi connectivity index (χ3n) is 5.64. The van der Waals surface area contributed by atoms with Gasteiger partial charge in [-0.15, -0.1) is 24.8 Å². The summed E-state index contributed by atoms with van der Waals surface area (Å²) in [5, 5.41) is 3.43. The first-order chi connectivity index (χ1) is 11.7. The van der Waals surface area contributed by atoms with Gasteiger partial charge in [0.1, 0.15) is 0 Å². The summed E-state index contributed by atoms with van der Waals surface area (Å²) >= 11 is 0. The topological polar surface area (TPSA) is 35.6 Å². The number of nitrogens with zero attached hydrogens (tertiary/aromatic N) is 2. The number of rotatable bonds is 5. The summed E-state index contributed by atoms with van der Waals surface area (Å²) < 4.78 is 0. The number of hydrogen-bond donors (Lipinski definition) is 1. The first-order valence-corrected chi connectivity index (χ1v) is 9.60. The highest BCUT2D eigenvalue weighted by Gasteiger charge is 2.26. The van der Waals surface area contributed by atoms with E-state index in [9.17, 15) is 4.79 Å². The summed E-state index contributed by atoms with van der Waals surface area (Å²) in [5.41, 5.74) is 3.30. The molecule has 2 aliphatic rings. The van der Waals surface area contributed by atoms with Crippen molar-refractivity contribution in [3.8, 4) is 0 Å². The largest absolute Gasteiger partial charge is 0.385 e. The Hall–Kier alpha value is -0.970. The van der Waals surface area contributed by atoms with Gasteiger partial charge in [-0.05, 0) is 62.4 Å². The first-order valence-electron chi connectivity index (χ1n) is 9.60. The number of carbonyl (C=O) groups excluding carboxylic acids is 1. The summed E-state index contributed by atoms with van der Waals surface area (Å²) in [6, 6.07) is 6.12. The zero-order chi connectivity index (χ0) is 16.9. The predicted molar refractivity (Wildman–Crippen MR) is 114 cm³/mol. The van der Waals surface area contributed by atoms with Crippen molar-refractivity contribution in [3.63, 3.8) is 0 Å². The van der Waals surface area contributed by atoms with E-state index in [0.29, 0.717) is 0 Å². The Bertz CT molecular complexity index is 570. The molecule has 1 fully saturated rings. The van der Waals surface area contributed by atoms with Gasteiger partial charge in [-0.1, -0.05) is 19.9 Å². The lowest BCUT2D eigenvalue weighted by Gasteiger charge is -2.35. The van der Waals surface area contributed by atoms with E-state index in [0.717, 1.165) is 75.6 Å². The van der Waals surface area contributed by atoms with Gasteiger partial charge in [0.2, 0.25) is 0 Å². The van der Waals surface area contributed by atoms with Gasteiger partial charge in [0.15, 0.2) is 0 Å².